The van der Waals surface area contributed by atoms with Crippen molar-refractivity contribution in [3.8, 4) is 6.07 Å². The lowest BCUT2D eigenvalue weighted by molar-refractivity contribution is 0.588. The summed E-state index contributed by atoms with van der Waals surface area (Å²) in [5, 5.41) is 8.98. The van der Waals surface area contributed by atoms with E-state index in [-0.39, 0.29) is 5.41 Å². The normalized spacial score (nSPS) is 11.5. The molecule has 0 fully saturated rings. The molecule has 0 heterocycles. The minimum absolute atomic E-state index is 0.108. The van der Waals surface area contributed by atoms with Gasteiger partial charge in [0.15, 0.2) is 0 Å². The largest absolute Gasteiger partial charge is 0.192 e. The minimum Gasteiger partial charge on any atom is -0.192 e. The molecule has 0 aliphatic heterocycles. The molecule has 0 aliphatic carbocycles. The van der Waals surface area contributed by atoms with Crippen LogP contribution in [0.25, 0.3) is 0 Å². The maximum Gasteiger partial charge on any atom is 0.0991 e. The van der Waals surface area contributed by atoms with Gasteiger partial charge in [-0.05, 0) is 34.6 Å². The zero-order chi connectivity index (χ0) is 11.6. The Morgan fingerprint density at radius 2 is 1.73 bits per heavy atom. The monoisotopic (exact) mass is 201 g/mol. The Hall–Kier alpha value is -1.29. The van der Waals surface area contributed by atoms with Crippen LogP contribution in [-0.4, -0.2) is 0 Å². The van der Waals surface area contributed by atoms with E-state index in [1.54, 1.807) is 0 Å². The second kappa shape index (κ2) is 4.06. The first-order valence-corrected chi connectivity index (χ1v) is 5.40. The molecule has 80 valence electrons. The van der Waals surface area contributed by atoms with Gasteiger partial charge in [-0.25, -0.2) is 0 Å². The van der Waals surface area contributed by atoms with Crippen LogP contribution in [0.3, 0.4) is 0 Å². The fourth-order valence-electron chi connectivity index (χ4n) is 1.48. The molecule has 15 heavy (non-hydrogen) atoms. The second-order valence-corrected chi connectivity index (χ2v) is 5.36. The fourth-order valence-corrected chi connectivity index (χ4v) is 1.48. The van der Waals surface area contributed by atoms with Gasteiger partial charge in [0.2, 0.25) is 0 Å². The van der Waals surface area contributed by atoms with Gasteiger partial charge in [-0.1, -0.05) is 40.7 Å². The Morgan fingerprint density at radius 1 is 1.13 bits per heavy atom. The highest BCUT2D eigenvalue weighted by molar-refractivity contribution is 5.41. The molecular weight excluding hydrogens is 182 g/mol. The lowest BCUT2D eigenvalue weighted by Gasteiger charge is -2.21. The van der Waals surface area contributed by atoms with E-state index in [0.717, 1.165) is 5.56 Å². The molecule has 0 spiro atoms. The summed E-state index contributed by atoms with van der Waals surface area (Å²) in [5.74, 6) is 0.472. The van der Waals surface area contributed by atoms with Gasteiger partial charge in [-0.3, -0.25) is 0 Å². The molecule has 1 rings (SSSR count). The van der Waals surface area contributed by atoms with Crippen LogP contribution in [0.2, 0.25) is 0 Å². The quantitative estimate of drug-likeness (QED) is 0.674. The van der Waals surface area contributed by atoms with E-state index in [4.69, 9.17) is 5.26 Å². The highest BCUT2D eigenvalue weighted by Gasteiger charge is 2.15. The third kappa shape index (κ3) is 2.83. The highest BCUT2D eigenvalue weighted by atomic mass is 14.3. The number of hydrogen-bond donors (Lipinski definition) is 0. The average molecular weight is 201 g/mol. The number of benzene rings is 1. The van der Waals surface area contributed by atoms with E-state index in [2.05, 4.69) is 46.8 Å². The van der Waals surface area contributed by atoms with Gasteiger partial charge in [0.05, 0.1) is 11.6 Å². The van der Waals surface area contributed by atoms with Crippen LogP contribution in [0.4, 0.5) is 0 Å². The van der Waals surface area contributed by atoms with Crippen molar-refractivity contribution in [3.63, 3.8) is 0 Å². The zero-order valence-electron chi connectivity index (χ0n) is 10.3. The Balaban J connectivity index is 3.32. The van der Waals surface area contributed by atoms with Crippen LogP contribution >= 0.6 is 0 Å². The van der Waals surface area contributed by atoms with E-state index < -0.39 is 0 Å². The third-order valence-electron chi connectivity index (χ3n) is 2.62. The number of hydrogen-bond acceptors (Lipinski definition) is 1. The first-order chi connectivity index (χ1) is 6.84. The van der Waals surface area contributed by atoms with Gasteiger partial charge < -0.3 is 0 Å². The summed E-state index contributed by atoms with van der Waals surface area (Å²) in [6.07, 6.45) is 0. The van der Waals surface area contributed by atoms with Crippen molar-refractivity contribution in [2.75, 3.05) is 0 Å². The van der Waals surface area contributed by atoms with Crippen molar-refractivity contribution in [3.05, 3.63) is 34.9 Å². The SMILES string of the molecule is CC(C)c1cc(C#N)cc(C(C)(C)C)c1. The van der Waals surface area contributed by atoms with Gasteiger partial charge in [0.1, 0.15) is 0 Å². The lowest BCUT2D eigenvalue weighted by Crippen LogP contribution is -2.12. The molecule has 0 unspecified atom stereocenters. The second-order valence-electron chi connectivity index (χ2n) is 5.36. The van der Waals surface area contributed by atoms with Gasteiger partial charge in [0.25, 0.3) is 0 Å². The van der Waals surface area contributed by atoms with Crippen molar-refractivity contribution in [2.24, 2.45) is 0 Å². The van der Waals surface area contributed by atoms with Gasteiger partial charge in [0, 0.05) is 0 Å². The van der Waals surface area contributed by atoms with Gasteiger partial charge in [-0.15, -0.1) is 0 Å². The Bertz CT molecular complexity index is 389. The van der Waals surface area contributed by atoms with Crippen LogP contribution in [0.1, 0.15) is 57.2 Å². The predicted octanol–water partition coefficient (Wildman–Crippen LogP) is 3.98. The van der Waals surface area contributed by atoms with E-state index in [1.807, 2.05) is 12.1 Å². The summed E-state index contributed by atoms with van der Waals surface area (Å²) in [4.78, 5) is 0. The molecule has 1 aromatic carbocycles. The molecule has 0 aliphatic rings. The van der Waals surface area contributed by atoms with Gasteiger partial charge in [-0.2, -0.15) is 5.26 Å². The van der Waals surface area contributed by atoms with Crippen LogP contribution < -0.4 is 0 Å². The molecule has 0 amide bonds. The molecule has 1 nitrogen and oxygen atoms in total. The zero-order valence-corrected chi connectivity index (χ0v) is 10.3. The van der Waals surface area contributed by atoms with Crippen molar-refractivity contribution in [2.45, 2.75) is 46.0 Å². The van der Waals surface area contributed by atoms with Crippen molar-refractivity contribution >= 4 is 0 Å². The Morgan fingerprint density at radius 3 is 2.13 bits per heavy atom. The third-order valence-corrected chi connectivity index (χ3v) is 2.62. The molecule has 1 heteroatoms. The Labute approximate surface area is 92.7 Å². The van der Waals surface area contributed by atoms with Crippen molar-refractivity contribution in [1.29, 1.82) is 5.26 Å². The van der Waals surface area contributed by atoms with E-state index in [9.17, 15) is 0 Å². The summed E-state index contributed by atoms with van der Waals surface area (Å²) >= 11 is 0. The van der Waals surface area contributed by atoms with Crippen LogP contribution in [-0.2, 0) is 5.41 Å². The summed E-state index contributed by atoms with van der Waals surface area (Å²) in [7, 11) is 0. The molecule has 0 radical (unpaired) electrons. The number of nitriles is 1. The topological polar surface area (TPSA) is 23.8 Å². The molecule has 0 saturated carbocycles. The lowest BCUT2D eigenvalue weighted by atomic mass is 9.84. The number of nitrogens with zero attached hydrogens (tertiary/aromatic N) is 1. The standard InChI is InChI=1S/C14H19N/c1-10(2)12-6-11(9-15)7-13(8-12)14(3,4)5/h6-8,10H,1-5H3. The molecular formula is C14H19N. The maximum absolute atomic E-state index is 8.98. The maximum atomic E-state index is 8.98. The average Bonchev–Trinajstić information content (AvgIpc) is 2.15. The fraction of sp³-hybridized carbons (Fsp3) is 0.500. The van der Waals surface area contributed by atoms with Crippen LogP contribution in [0, 0.1) is 11.3 Å². The summed E-state index contributed by atoms with van der Waals surface area (Å²) < 4.78 is 0. The summed E-state index contributed by atoms with van der Waals surface area (Å²) in [6, 6.07) is 8.43. The summed E-state index contributed by atoms with van der Waals surface area (Å²) in [6.45, 7) is 10.8. The molecule has 0 N–H and O–H groups in total. The highest BCUT2D eigenvalue weighted by Crippen LogP contribution is 2.27. The molecule has 0 atom stereocenters. The van der Waals surface area contributed by atoms with E-state index in [0.29, 0.717) is 5.92 Å². The van der Waals surface area contributed by atoms with E-state index >= 15 is 0 Å². The summed E-state index contributed by atoms with van der Waals surface area (Å²) in [5.41, 5.74) is 3.37. The van der Waals surface area contributed by atoms with Crippen molar-refractivity contribution in [1.82, 2.24) is 0 Å². The molecule has 1 aromatic rings. The van der Waals surface area contributed by atoms with Crippen molar-refractivity contribution < 1.29 is 0 Å². The number of rotatable bonds is 1. The predicted molar refractivity (Wildman–Crippen MR) is 63.9 cm³/mol. The molecule has 0 aromatic heterocycles. The van der Waals surface area contributed by atoms with E-state index in [1.165, 1.54) is 11.1 Å². The minimum atomic E-state index is 0.108. The molecule has 0 bridgehead atoms. The molecule has 0 saturated heterocycles. The smallest absolute Gasteiger partial charge is 0.0991 e. The Kier molecular flexibility index (Phi) is 3.19. The first kappa shape index (κ1) is 11.8. The van der Waals surface area contributed by atoms with Gasteiger partial charge >= 0.3 is 0 Å². The van der Waals surface area contributed by atoms with Crippen LogP contribution in [0.5, 0.6) is 0 Å². The first-order valence-electron chi connectivity index (χ1n) is 5.40. The van der Waals surface area contributed by atoms with Crippen LogP contribution in [0.15, 0.2) is 18.2 Å².